The molecular weight excluding hydrogens is 346 g/mol. The minimum Gasteiger partial charge on any atom is -0.508 e. The highest BCUT2D eigenvalue weighted by Crippen LogP contribution is 2.09. The van der Waals surface area contributed by atoms with Crippen LogP contribution in [0.3, 0.4) is 0 Å². The van der Waals surface area contributed by atoms with Gasteiger partial charge in [0, 0.05) is 31.2 Å². The van der Waals surface area contributed by atoms with Gasteiger partial charge in [0.1, 0.15) is 5.75 Å². The topological polar surface area (TPSA) is 106 Å². The van der Waals surface area contributed by atoms with Crippen molar-refractivity contribution in [3.8, 4) is 5.75 Å². The van der Waals surface area contributed by atoms with E-state index in [-0.39, 0.29) is 29.6 Å². The fourth-order valence-electron chi connectivity index (χ4n) is 2.26. The van der Waals surface area contributed by atoms with E-state index in [1.165, 1.54) is 12.1 Å². The van der Waals surface area contributed by atoms with Gasteiger partial charge in [-0.3, -0.25) is 14.6 Å². The van der Waals surface area contributed by atoms with E-state index >= 15 is 0 Å². The zero-order valence-electron chi connectivity index (χ0n) is 16.8. The summed E-state index contributed by atoms with van der Waals surface area (Å²) in [5.41, 5.74) is 0.186. The number of phenolic OH excluding ortho intramolecular Hbond substituents is 1. The lowest BCUT2D eigenvalue weighted by Gasteiger charge is -2.25. The first kappa shape index (κ1) is 22.3. The number of aliphatic imine (C=N–C) groups is 1. The predicted molar refractivity (Wildman–Crippen MR) is 107 cm³/mol. The summed E-state index contributed by atoms with van der Waals surface area (Å²) in [7, 11) is 1.79. The van der Waals surface area contributed by atoms with Gasteiger partial charge in [-0.15, -0.1) is 0 Å². The van der Waals surface area contributed by atoms with Gasteiger partial charge >= 0.3 is 0 Å². The van der Waals surface area contributed by atoms with Gasteiger partial charge in [-0.05, 0) is 52.0 Å². The summed E-state index contributed by atoms with van der Waals surface area (Å²) < 4.78 is 0. The summed E-state index contributed by atoms with van der Waals surface area (Å²) in [4.78, 5) is 30.3. The van der Waals surface area contributed by atoms with Crippen molar-refractivity contribution in [1.82, 2.24) is 20.9 Å². The van der Waals surface area contributed by atoms with Gasteiger partial charge in [0.25, 0.3) is 5.91 Å². The van der Waals surface area contributed by atoms with Gasteiger partial charge in [0.15, 0.2) is 5.96 Å². The Bertz CT molecular complexity index is 650. The van der Waals surface area contributed by atoms with Crippen molar-refractivity contribution in [3.63, 3.8) is 0 Å². The molecule has 2 amide bonds. The Morgan fingerprint density at radius 3 is 2.33 bits per heavy atom. The Balaban J connectivity index is 2.53. The molecule has 0 radical (unpaired) electrons. The molecule has 0 spiro atoms. The summed E-state index contributed by atoms with van der Waals surface area (Å²) in [6, 6.07) is 6.04. The second-order valence-corrected chi connectivity index (χ2v) is 7.19. The number of rotatable bonds is 7. The molecule has 8 heteroatoms. The molecule has 4 N–H and O–H groups in total. The molecule has 0 saturated carbocycles. The van der Waals surface area contributed by atoms with Crippen LogP contribution in [0.1, 0.15) is 38.1 Å². The SMILES string of the molecule is CCNC(=NCCNC(=O)c1ccc(O)cc1)N(C)CC(=O)NC(C)(C)C. The second kappa shape index (κ2) is 10.4. The van der Waals surface area contributed by atoms with E-state index in [0.717, 1.165) is 0 Å². The van der Waals surface area contributed by atoms with Crippen LogP contribution in [0.2, 0.25) is 0 Å². The van der Waals surface area contributed by atoms with Gasteiger partial charge < -0.3 is 26.0 Å². The Labute approximate surface area is 161 Å². The highest BCUT2D eigenvalue weighted by molar-refractivity contribution is 5.94. The normalized spacial score (nSPS) is 11.7. The van der Waals surface area contributed by atoms with Crippen LogP contribution in [0.5, 0.6) is 5.75 Å². The number of hydrogen-bond donors (Lipinski definition) is 4. The van der Waals surface area contributed by atoms with Gasteiger partial charge in [-0.1, -0.05) is 0 Å². The largest absolute Gasteiger partial charge is 0.508 e. The van der Waals surface area contributed by atoms with Gasteiger partial charge in [0.05, 0.1) is 13.1 Å². The molecule has 0 aliphatic carbocycles. The van der Waals surface area contributed by atoms with E-state index in [0.29, 0.717) is 31.2 Å². The molecule has 8 nitrogen and oxygen atoms in total. The summed E-state index contributed by atoms with van der Waals surface area (Å²) in [6.45, 7) is 9.33. The van der Waals surface area contributed by atoms with Crippen LogP contribution in [-0.4, -0.2) is 66.5 Å². The Hall–Kier alpha value is -2.77. The molecule has 0 aromatic heterocycles. The summed E-state index contributed by atoms with van der Waals surface area (Å²) in [5.74, 6) is 0.398. The van der Waals surface area contributed by atoms with Crippen LogP contribution in [0.25, 0.3) is 0 Å². The van der Waals surface area contributed by atoms with E-state index in [4.69, 9.17) is 0 Å². The zero-order valence-corrected chi connectivity index (χ0v) is 16.8. The number of hydrogen-bond acceptors (Lipinski definition) is 4. The molecule has 0 unspecified atom stereocenters. The fraction of sp³-hybridized carbons (Fsp3) is 0.526. The Morgan fingerprint density at radius 2 is 1.78 bits per heavy atom. The van der Waals surface area contributed by atoms with Crippen molar-refractivity contribution >= 4 is 17.8 Å². The second-order valence-electron chi connectivity index (χ2n) is 7.19. The average Bonchev–Trinajstić information content (AvgIpc) is 2.56. The van der Waals surface area contributed by atoms with Crippen molar-refractivity contribution in [2.75, 3.05) is 33.2 Å². The number of guanidine groups is 1. The summed E-state index contributed by atoms with van der Waals surface area (Å²) in [5, 5.41) is 18.1. The molecule has 0 aliphatic rings. The van der Waals surface area contributed by atoms with Crippen molar-refractivity contribution in [3.05, 3.63) is 29.8 Å². The fourth-order valence-corrected chi connectivity index (χ4v) is 2.26. The maximum absolute atomic E-state index is 12.1. The molecule has 1 aromatic rings. The van der Waals surface area contributed by atoms with Crippen LogP contribution >= 0.6 is 0 Å². The van der Waals surface area contributed by atoms with Gasteiger partial charge in [-0.2, -0.15) is 0 Å². The molecule has 1 rings (SSSR count). The van der Waals surface area contributed by atoms with Crippen LogP contribution in [0.4, 0.5) is 0 Å². The van der Waals surface area contributed by atoms with Crippen LogP contribution in [0.15, 0.2) is 29.3 Å². The number of carbonyl (C=O) groups excluding carboxylic acids is 2. The number of amides is 2. The molecule has 0 aliphatic heterocycles. The monoisotopic (exact) mass is 377 g/mol. The van der Waals surface area contributed by atoms with Crippen LogP contribution in [-0.2, 0) is 4.79 Å². The molecule has 150 valence electrons. The Morgan fingerprint density at radius 1 is 1.15 bits per heavy atom. The number of aromatic hydroxyl groups is 1. The molecule has 0 fully saturated rings. The standard InChI is InChI=1S/C19H31N5O3/c1-6-20-18(24(5)13-16(26)23-19(2,3)4)22-12-11-21-17(27)14-7-9-15(25)10-8-14/h7-10,25H,6,11-13H2,1-5H3,(H,20,22)(H,21,27)(H,23,26). The molecule has 0 bridgehead atoms. The molecular formula is C19H31N5O3. The third-order valence-corrected chi connectivity index (χ3v) is 3.38. The highest BCUT2D eigenvalue weighted by Gasteiger charge is 2.16. The lowest BCUT2D eigenvalue weighted by Crippen LogP contribution is -2.48. The third kappa shape index (κ3) is 8.94. The van der Waals surface area contributed by atoms with Crippen LogP contribution in [0, 0.1) is 0 Å². The number of carbonyl (C=O) groups is 2. The summed E-state index contributed by atoms with van der Waals surface area (Å²) in [6.07, 6.45) is 0. The van der Waals surface area contributed by atoms with Crippen LogP contribution < -0.4 is 16.0 Å². The number of phenols is 1. The van der Waals surface area contributed by atoms with E-state index in [9.17, 15) is 14.7 Å². The minimum absolute atomic E-state index is 0.0868. The molecule has 0 heterocycles. The number of likely N-dealkylation sites (N-methyl/N-ethyl adjacent to an activating group) is 1. The average molecular weight is 377 g/mol. The third-order valence-electron chi connectivity index (χ3n) is 3.38. The van der Waals surface area contributed by atoms with E-state index in [1.807, 2.05) is 27.7 Å². The lowest BCUT2D eigenvalue weighted by molar-refractivity contribution is -0.122. The van der Waals surface area contributed by atoms with Gasteiger partial charge in [0.2, 0.25) is 5.91 Å². The van der Waals surface area contributed by atoms with Crippen molar-refractivity contribution in [2.24, 2.45) is 4.99 Å². The lowest BCUT2D eigenvalue weighted by atomic mass is 10.1. The molecule has 0 atom stereocenters. The van der Waals surface area contributed by atoms with Crippen molar-refractivity contribution in [2.45, 2.75) is 33.2 Å². The quantitative estimate of drug-likeness (QED) is 0.321. The molecule has 1 aromatic carbocycles. The first-order chi connectivity index (χ1) is 12.6. The maximum atomic E-state index is 12.1. The molecule has 0 saturated heterocycles. The minimum atomic E-state index is -0.286. The number of nitrogens with zero attached hydrogens (tertiary/aromatic N) is 2. The summed E-state index contributed by atoms with van der Waals surface area (Å²) >= 11 is 0. The first-order valence-corrected chi connectivity index (χ1v) is 9.00. The van der Waals surface area contributed by atoms with Gasteiger partial charge in [-0.25, -0.2) is 0 Å². The molecule has 27 heavy (non-hydrogen) atoms. The maximum Gasteiger partial charge on any atom is 0.251 e. The van der Waals surface area contributed by atoms with Crippen molar-refractivity contribution in [1.29, 1.82) is 0 Å². The van der Waals surface area contributed by atoms with E-state index < -0.39 is 0 Å². The zero-order chi connectivity index (χ0) is 20.4. The number of benzene rings is 1. The van der Waals surface area contributed by atoms with Crippen molar-refractivity contribution < 1.29 is 14.7 Å². The highest BCUT2D eigenvalue weighted by atomic mass is 16.3. The first-order valence-electron chi connectivity index (χ1n) is 9.00. The smallest absolute Gasteiger partial charge is 0.251 e. The van der Waals surface area contributed by atoms with E-state index in [1.54, 1.807) is 24.1 Å². The number of nitrogens with one attached hydrogen (secondary N) is 3. The van der Waals surface area contributed by atoms with E-state index in [2.05, 4.69) is 20.9 Å². The predicted octanol–water partition coefficient (Wildman–Crippen LogP) is 0.934. The Kier molecular flexibility index (Phi) is 8.58.